The fraction of sp³-hybridized carbons (Fsp3) is 0.692. The molecule has 1 N–H and O–H groups in total. The number of piperidine rings is 1. The molecule has 94 valence electrons. The lowest BCUT2D eigenvalue weighted by molar-refractivity contribution is 0.280. The maximum Gasteiger partial charge on any atom is 0.225 e. The quantitative estimate of drug-likeness (QED) is 0.850. The molecule has 2 heterocycles. The number of nitrogens with zero attached hydrogens (tertiary/aromatic N) is 3. The van der Waals surface area contributed by atoms with Gasteiger partial charge in [-0.25, -0.2) is 9.97 Å². The molecule has 1 saturated heterocycles. The number of anilines is 1. The number of rotatable bonds is 2. The van der Waals surface area contributed by atoms with Gasteiger partial charge in [-0.3, -0.25) is 0 Å². The summed E-state index contributed by atoms with van der Waals surface area (Å²) in [6.07, 6.45) is 4.22. The second-order valence-corrected chi connectivity index (χ2v) is 5.12. The lowest BCUT2D eigenvalue weighted by Gasteiger charge is -2.36. The summed E-state index contributed by atoms with van der Waals surface area (Å²) in [5, 5.41) is 9.12. The van der Waals surface area contributed by atoms with Gasteiger partial charge in [0.15, 0.2) is 0 Å². The summed E-state index contributed by atoms with van der Waals surface area (Å²) in [5.74, 6) is 1.51. The summed E-state index contributed by atoms with van der Waals surface area (Å²) in [6, 6.07) is 0.505. The molecule has 2 atom stereocenters. The third-order valence-corrected chi connectivity index (χ3v) is 3.61. The Labute approximate surface area is 103 Å². The number of aliphatic hydroxyl groups is 1. The van der Waals surface area contributed by atoms with E-state index in [1.54, 1.807) is 6.20 Å². The Morgan fingerprint density at radius 3 is 2.82 bits per heavy atom. The van der Waals surface area contributed by atoms with Crippen LogP contribution in [0.3, 0.4) is 0 Å². The van der Waals surface area contributed by atoms with Gasteiger partial charge in [0, 0.05) is 30.0 Å². The molecule has 0 radical (unpaired) electrons. The molecule has 0 bridgehead atoms. The monoisotopic (exact) mass is 235 g/mol. The average molecular weight is 235 g/mol. The van der Waals surface area contributed by atoms with Crippen molar-refractivity contribution < 1.29 is 5.11 Å². The first kappa shape index (κ1) is 12.3. The molecule has 1 aromatic rings. The maximum atomic E-state index is 9.12. The van der Waals surface area contributed by atoms with Gasteiger partial charge >= 0.3 is 0 Å². The van der Waals surface area contributed by atoms with Gasteiger partial charge in [-0.1, -0.05) is 6.92 Å². The maximum absolute atomic E-state index is 9.12. The molecule has 0 aliphatic carbocycles. The van der Waals surface area contributed by atoms with Gasteiger partial charge in [0.2, 0.25) is 5.95 Å². The molecule has 1 aliphatic rings. The van der Waals surface area contributed by atoms with Crippen LogP contribution in [0, 0.1) is 12.8 Å². The van der Waals surface area contributed by atoms with E-state index in [0.717, 1.165) is 23.8 Å². The van der Waals surface area contributed by atoms with Crippen LogP contribution in [-0.4, -0.2) is 27.7 Å². The van der Waals surface area contributed by atoms with E-state index in [0.29, 0.717) is 12.0 Å². The van der Waals surface area contributed by atoms with Crippen LogP contribution >= 0.6 is 0 Å². The van der Waals surface area contributed by atoms with Crippen molar-refractivity contribution in [3.8, 4) is 0 Å². The number of aryl methyl sites for hydroxylation is 1. The second kappa shape index (κ2) is 5.00. The van der Waals surface area contributed by atoms with E-state index in [1.165, 1.54) is 12.8 Å². The SMILES string of the molecule is Cc1nc(N2CC(C)CCC2C)ncc1CO. The van der Waals surface area contributed by atoms with E-state index < -0.39 is 0 Å². The highest BCUT2D eigenvalue weighted by atomic mass is 16.3. The number of aromatic nitrogens is 2. The number of hydrogen-bond acceptors (Lipinski definition) is 4. The molecule has 0 saturated carbocycles. The van der Waals surface area contributed by atoms with Gasteiger partial charge in [0.1, 0.15) is 0 Å². The van der Waals surface area contributed by atoms with Crippen LogP contribution in [0.4, 0.5) is 5.95 Å². The molecule has 17 heavy (non-hydrogen) atoms. The minimum atomic E-state index is 0.0120. The van der Waals surface area contributed by atoms with Gasteiger partial charge in [0.05, 0.1) is 6.61 Å². The van der Waals surface area contributed by atoms with Crippen LogP contribution in [-0.2, 0) is 6.61 Å². The lowest BCUT2D eigenvalue weighted by Crippen LogP contribution is -2.42. The van der Waals surface area contributed by atoms with Crippen molar-refractivity contribution in [2.24, 2.45) is 5.92 Å². The summed E-state index contributed by atoms with van der Waals surface area (Å²) < 4.78 is 0. The van der Waals surface area contributed by atoms with E-state index >= 15 is 0 Å². The highest BCUT2D eigenvalue weighted by Crippen LogP contribution is 2.25. The summed E-state index contributed by atoms with van der Waals surface area (Å²) >= 11 is 0. The first-order chi connectivity index (χ1) is 8.11. The first-order valence-electron chi connectivity index (χ1n) is 6.31. The lowest BCUT2D eigenvalue weighted by atomic mass is 9.95. The van der Waals surface area contributed by atoms with E-state index in [1.807, 2.05) is 6.92 Å². The molecular formula is C13H21N3O. The van der Waals surface area contributed by atoms with Gasteiger partial charge < -0.3 is 10.0 Å². The van der Waals surface area contributed by atoms with Crippen LogP contribution in [0.25, 0.3) is 0 Å². The van der Waals surface area contributed by atoms with Crippen LogP contribution in [0.1, 0.15) is 37.9 Å². The molecule has 1 aliphatic heterocycles. The Morgan fingerprint density at radius 1 is 1.41 bits per heavy atom. The minimum Gasteiger partial charge on any atom is -0.392 e. The Morgan fingerprint density at radius 2 is 2.18 bits per heavy atom. The first-order valence-corrected chi connectivity index (χ1v) is 6.31. The van der Waals surface area contributed by atoms with Gasteiger partial charge in [-0.05, 0) is 32.6 Å². The summed E-state index contributed by atoms with van der Waals surface area (Å²) in [5.41, 5.74) is 1.69. The largest absolute Gasteiger partial charge is 0.392 e. The molecule has 4 nitrogen and oxygen atoms in total. The average Bonchev–Trinajstić information content (AvgIpc) is 2.32. The smallest absolute Gasteiger partial charge is 0.225 e. The summed E-state index contributed by atoms with van der Waals surface area (Å²) in [4.78, 5) is 11.2. The minimum absolute atomic E-state index is 0.0120. The zero-order valence-corrected chi connectivity index (χ0v) is 10.8. The number of aliphatic hydroxyl groups excluding tert-OH is 1. The van der Waals surface area contributed by atoms with Crippen molar-refractivity contribution in [2.45, 2.75) is 46.3 Å². The van der Waals surface area contributed by atoms with Crippen molar-refractivity contribution in [3.63, 3.8) is 0 Å². The van der Waals surface area contributed by atoms with Crippen molar-refractivity contribution in [3.05, 3.63) is 17.5 Å². The normalized spacial score (nSPS) is 25.1. The Hall–Kier alpha value is -1.16. The van der Waals surface area contributed by atoms with Gasteiger partial charge in [-0.15, -0.1) is 0 Å². The van der Waals surface area contributed by atoms with Gasteiger partial charge in [0.25, 0.3) is 0 Å². The zero-order valence-electron chi connectivity index (χ0n) is 10.8. The summed E-state index contributed by atoms with van der Waals surface area (Å²) in [7, 11) is 0. The molecule has 1 aromatic heterocycles. The predicted molar refractivity (Wildman–Crippen MR) is 67.9 cm³/mol. The third-order valence-electron chi connectivity index (χ3n) is 3.61. The van der Waals surface area contributed by atoms with E-state index in [9.17, 15) is 0 Å². The third kappa shape index (κ3) is 2.57. The number of hydrogen-bond donors (Lipinski definition) is 1. The molecule has 0 spiro atoms. The van der Waals surface area contributed by atoms with Crippen molar-refractivity contribution in [2.75, 3.05) is 11.4 Å². The van der Waals surface area contributed by atoms with Gasteiger partial charge in [-0.2, -0.15) is 0 Å². The molecule has 4 heteroatoms. The van der Waals surface area contributed by atoms with E-state index in [4.69, 9.17) is 5.11 Å². The molecular weight excluding hydrogens is 214 g/mol. The molecule has 2 rings (SSSR count). The van der Waals surface area contributed by atoms with Crippen LogP contribution in [0.2, 0.25) is 0 Å². The van der Waals surface area contributed by atoms with Crippen molar-refractivity contribution in [1.29, 1.82) is 0 Å². The molecule has 0 amide bonds. The predicted octanol–water partition coefficient (Wildman–Crippen LogP) is 1.90. The van der Waals surface area contributed by atoms with Crippen molar-refractivity contribution in [1.82, 2.24) is 9.97 Å². The Balaban J connectivity index is 2.23. The van der Waals surface area contributed by atoms with Crippen LogP contribution in [0.5, 0.6) is 0 Å². The Bertz CT molecular complexity index is 394. The van der Waals surface area contributed by atoms with E-state index in [-0.39, 0.29) is 6.61 Å². The highest BCUT2D eigenvalue weighted by molar-refractivity contribution is 5.34. The fourth-order valence-corrected chi connectivity index (χ4v) is 2.34. The topological polar surface area (TPSA) is 49.2 Å². The van der Waals surface area contributed by atoms with Crippen LogP contribution in [0.15, 0.2) is 6.20 Å². The van der Waals surface area contributed by atoms with Crippen molar-refractivity contribution >= 4 is 5.95 Å². The van der Waals surface area contributed by atoms with E-state index in [2.05, 4.69) is 28.7 Å². The molecule has 1 fully saturated rings. The Kier molecular flexibility index (Phi) is 3.62. The molecule has 0 aromatic carbocycles. The molecule has 2 unspecified atom stereocenters. The standard InChI is InChI=1S/C13H21N3O/c1-9-4-5-10(2)16(7-9)13-14-6-12(8-17)11(3)15-13/h6,9-10,17H,4-5,7-8H2,1-3H3. The second-order valence-electron chi connectivity index (χ2n) is 5.12. The summed E-state index contributed by atoms with van der Waals surface area (Å²) in [6.45, 7) is 7.46. The highest BCUT2D eigenvalue weighted by Gasteiger charge is 2.25. The fourth-order valence-electron chi connectivity index (χ4n) is 2.34. The van der Waals surface area contributed by atoms with Crippen LogP contribution < -0.4 is 4.90 Å². The zero-order chi connectivity index (χ0) is 12.4.